The second-order valence-electron chi connectivity index (χ2n) is 6.73. The van der Waals surface area contributed by atoms with Crippen molar-refractivity contribution in [1.82, 2.24) is 4.98 Å². The third kappa shape index (κ3) is 3.85. The lowest BCUT2D eigenvalue weighted by Crippen LogP contribution is -2.35. The van der Waals surface area contributed by atoms with Gasteiger partial charge in [-0.15, -0.1) is 0 Å². The van der Waals surface area contributed by atoms with Gasteiger partial charge in [0.25, 0.3) is 11.8 Å². The lowest BCUT2D eigenvalue weighted by Gasteiger charge is -2.29. The van der Waals surface area contributed by atoms with Crippen molar-refractivity contribution >= 4 is 23.2 Å². The number of carbonyl (C=O) groups is 2. The van der Waals surface area contributed by atoms with Gasteiger partial charge in [-0.25, -0.2) is 8.78 Å². The van der Waals surface area contributed by atoms with Crippen molar-refractivity contribution in [3.63, 3.8) is 0 Å². The van der Waals surface area contributed by atoms with Gasteiger partial charge in [-0.3, -0.25) is 14.6 Å². The van der Waals surface area contributed by atoms with E-state index in [0.717, 1.165) is 36.2 Å². The van der Waals surface area contributed by atoms with Crippen LogP contribution in [0.5, 0.6) is 0 Å². The predicted octanol–water partition coefficient (Wildman–Crippen LogP) is 4.21. The number of halogens is 2. The maximum absolute atomic E-state index is 13.3. The van der Waals surface area contributed by atoms with Gasteiger partial charge < -0.3 is 10.2 Å². The summed E-state index contributed by atoms with van der Waals surface area (Å²) in [7, 11) is 0. The summed E-state index contributed by atoms with van der Waals surface area (Å²) in [5.74, 6) is -2.88. The van der Waals surface area contributed by atoms with Crippen molar-refractivity contribution in [2.45, 2.75) is 12.8 Å². The molecule has 0 spiro atoms. The third-order valence-electron chi connectivity index (χ3n) is 4.78. The van der Waals surface area contributed by atoms with Gasteiger partial charge in [-0.1, -0.05) is 18.2 Å². The Balaban J connectivity index is 1.56. The summed E-state index contributed by atoms with van der Waals surface area (Å²) in [6.45, 7) is 0.584. The molecule has 0 saturated heterocycles. The highest BCUT2D eigenvalue weighted by atomic mass is 19.2. The second kappa shape index (κ2) is 7.79. The van der Waals surface area contributed by atoms with Crippen LogP contribution in [0.3, 0.4) is 0 Å². The van der Waals surface area contributed by atoms with E-state index in [0.29, 0.717) is 6.54 Å². The molecular formula is C22H17F2N3O2. The van der Waals surface area contributed by atoms with Gasteiger partial charge >= 0.3 is 0 Å². The van der Waals surface area contributed by atoms with Crippen LogP contribution in [0.1, 0.15) is 32.7 Å². The smallest absolute Gasteiger partial charge is 0.259 e. The summed E-state index contributed by atoms with van der Waals surface area (Å²) in [5.41, 5.74) is 2.49. The normalized spacial score (nSPS) is 13.0. The topological polar surface area (TPSA) is 62.3 Å². The molecule has 0 fully saturated rings. The monoisotopic (exact) mass is 393 g/mol. The number of nitrogens with one attached hydrogen (secondary N) is 1. The van der Waals surface area contributed by atoms with Crippen LogP contribution >= 0.6 is 0 Å². The van der Waals surface area contributed by atoms with Crippen molar-refractivity contribution in [2.75, 3.05) is 16.8 Å². The van der Waals surface area contributed by atoms with Gasteiger partial charge in [0.05, 0.1) is 11.1 Å². The molecule has 0 radical (unpaired) electrons. The molecule has 1 N–H and O–H groups in total. The van der Waals surface area contributed by atoms with Crippen molar-refractivity contribution in [2.24, 2.45) is 0 Å². The highest BCUT2D eigenvalue weighted by Crippen LogP contribution is 2.28. The Hall–Kier alpha value is -3.61. The Kier molecular flexibility index (Phi) is 5.03. The Morgan fingerprint density at radius 2 is 1.76 bits per heavy atom. The highest BCUT2D eigenvalue weighted by molar-refractivity contribution is 6.09. The molecule has 0 saturated carbocycles. The van der Waals surface area contributed by atoms with Crippen LogP contribution in [0.4, 0.5) is 20.2 Å². The van der Waals surface area contributed by atoms with Crippen LogP contribution in [0.15, 0.2) is 60.9 Å². The summed E-state index contributed by atoms with van der Waals surface area (Å²) in [5, 5.41) is 2.48. The van der Waals surface area contributed by atoms with Crippen LogP contribution in [-0.4, -0.2) is 23.3 Å². The number of fused-ring (bicyclic) bond motifs is 1. The number of aromatic nitrogens is 1. The number of rotatable bonds is 3. The van der Waals surface area contributed by atoms with Gasteiger partial charge in [-0.2, -0.15) is 0 Å². The molecule has 2 heterocycles. The Morgan fingerprint density at radius 3 is 2.59 bits per heavy atom. The number of hydrogen-bond donors (Lipinski definition) is 1. The largest absolute Gasteiger partial charge is 0.322 e. The SMILES string of the molecule is O=C(Nc1ccc(F)c(F)c1)c1cncc(C(=O)N2CCCc3ccccc32)c1. The van der Waals surface area contributed by atoms with Gasteiger partial charge in [0.15, 0.2) is 11.6 Å². The van der Waals surface area contributed by atoms with E-state index < -0.39 is 17.5 Å². The Morgan fingerprint density at radius 1 is 0.966 bits per heavy atom. The lowest BCUT2D eigenvalue weighted by atomic mass is 10.0. The third-order valence-corrected chi connectivity index (χ3v) is 4.78. The fraction of sp³-hybridized carbons (Fsp3) is 0.136. The molecule has 3 aromatic rings. The maximum Gasteiger partial charge on any atom is 0.259 e. The standard InChI is InChI=1S/C22H17F2N3O2/c23-18-8-7-17(11-19(18)24)26-21(28)15-10-16(13-25-12-15)22(29)27-9-3-5-14-4-1-2-6-20(14)27/h1-2,4,6-8,10-13H,3,5,9H2,(H,26,28). The molecule has 5 nitrogen and oxygen atoms in total. The zero-order valence-electron chi connectivity index (χ0n) is 15.4. The fourth-order valence-corrected chi connectivity index (χ4v) is 3.36. The van der Waals surface area contributed by atoms with Crippen molar-refractivity contribution < 1.29 is 18.4 Å². The van der Waals surface area contributed by atoms with E-state index in [-0.39, 0.29) is 22.7 Å². The van der Waals surface area contributed by atoms with Crippen LogP contribution < -0.4 is 10.2 Å². The molecule has 2 amide bonds. The van der Waals surface area contributed by atoms with Gasteiger partial charge in [-0.05, 0) is 42.7 Å². The molecule has 0 unspecified atom stereocenters. The molecule has 4 rings (SSSR count). The summed E-state index contributed by atoms with van der Waals surface area (Å²) < 4.78 is 26.4. The first-order valence-corrected chi connectivity index (χ1v) is 9.14. The molecule has 1 aliphatic rings. The average molecular weight is 393 g/mol. The number of amides is 2. The van der Waals surface area contributed by atoms with Crippen LogP contribution in [0.25, 0.3) is 0 Å². The first kappa shape index (κ1) is 18.7. The number of aryl methyl sites for hydroxylation is 1. The Labute approximate surface area is 166 Å². The number of nitrogens with zero attached hydrogens (tertiary/aromatic N) is 2. The van der Waals surface area contributed by atoms with Crippen LogP contribution in [0, 0.1) is 11.6 Å². The van der Waals surface area contributed by atoms with E-state index in [1.54, 1.807) is 4.90 Å². The maximum atomic E-state index is 13.3. The van der Waals surface area contributed by atoms with Gasteiger partial charge in [0.2, 0.25) is 0 Å². The lowest BCUT2D eigenvalue weighted by molar-refractivity contribution is 0.0984. The van der Waals surface area contributed by atoms with Crippen LogP contribution in [0.2, 0.25) is 0 Å². The first-order valence-electron chi connectivity index (χ1n) is 9.14. The quantitative estimate of drug-likeness (QED) is 0.725. The van der Waals surface area contributed by atoms with Crippen molar-refractivity contribution in [1.29, 1.82) is 0 Å². The summed E-state index contributed by atoms with van der Waals surface area (Å²) in [6.07, 6.45) is 4.49. The summed E-state index contributed by atoms with van der Waals surface area (Å²) in [4.78, 5) is 31.2. The zero-order chi connectivity index (χ0) is 20.4. The molecule has 0 aliphatic carbocycles. The van der Waals surface area contributed by atoms with E-state index in [9.17, 15) is 18.4 Å². The molecule has 0 atom stereocenters. The molecular weight excluding hydrogens is 376 g/mol. The number of pyridine rings is 1. The fourth-order valence-electron chi connectivity index (χ4n) is 3.36. The minimum atomic E-state index is -1.06. The molecule has 2 aromatic carbocycles. The Bertz CT molecular complexity index is 1100. The number of carbonyl (C=O) groups excluding carboxylic acids is 2. The molecule has 1 aromatic heterocycles. The van der Waals surface area contributed by atoms with Crippen molar-refractivity contribution in [3.05, 3.63) is 89.2 Å². The van der Waals surface area contributed by atoms with E-state index in [1.807, 2.05) is 24.3 Å². The zero-order valence-corrected chi connectivity index (χ0v) is 15.4. The van der Waals surface area contributed by atoms with Crippen molar-refractivity contribution in [3.8, 4) is 0 Å². The predicted molar refractivity (Wildman–Crippen MR) is 105 cm³/mol. The van der Waals surface area contributed by atoms with Gasteiger partial charge in [0, 0.05) is 36.4 Å². The van der Waals surface area contributed by atoms with Crippen LogP contribution in [-0.2, 0) is 6.42 Å². The van der Waals surface area contributed by atoms with E-state index >= 15 is 0 Å². The van der Waals surface area contributed by atoms with E-state index in [2.05, 4.69) is 10.3 Å². The highest BCUT2D eigenvalue weighted by Gasteiger charge is 2.24. The molecule has 0 bridgehead atoms. The molecule has 7 heteroatoms. The van der Waals surface area contributed by atoms with E-state index in [1.165, 1.54) is 24.5 Å². The second-order valence-corrected chi connectivity index (χ2v) is 6.73. The minimum absolute atomic E-state index is 0.107. The molecule has 146 valence electrons. The number of anilines is 2. The summed E-state index contributed by atoms with van der Waals surface area (Å²) in [6, 6.07) is 12.2. The average Bonchev–Trinajstić information content (AvgIpc) is 2.75. The number of benzene rings is 2. The van der Waals surface area contributed by atoms with Gasteiger partial charge in [0.1, 0.15) is 0 Å². The first-order chi connectivity index (χ1) is 14.0. The molecule has 1 aliphatic heterocycles. The molecule has 29 heavy (non-hydrogen) atoms. The number of hydrogen-bond acceptors (Lipinski definition) is 3. The van der Waals surface area contributed by atoms with E-state index in [4.69, 9.17) is 0 Å². The summed E-state index contributed by atoms with van der Waals surface area (Å²) >= 11 is 0. The minimum Gasteiger partial charge on any atom is -0.322 e. The number of para-hydroxylation sites is 1.